The number of carbonyl (C=O) groups excluding carboxylic acids is 2. The fraction of sp³-hybridized carbons (Fsp3) is 0.857. The summed E-state index contributed by atoms with van der Waals surface area (Å²) in [6.07, 6.45) is 3.96. The zero-order chi connectivity index (χ0) is 14.5. The van der Waals surface area contributed by atoms with Gasteiger partial charge < -0.3 is 16.0 Å². The van der Waals surface area contributed by atoms with Crippen LogP contribution in [-0.2, 0) is 9.59 Å². The zero-order valence-corrected chi connectivity index (χ0v) is 13.6. The number of hydrogen-bond acceptors (Lipinski definition) is 3. The number of nitrogens with one attached hydrogen (secondary N) is 1. The van der Waals surface area contributed by atoms with Crippen LogP contribution in [-0.4, -0.2) is 42.4 Å². The van der Waals surface area contributed by atoms with Gasteiger partial charge in [-0.25, -0.2) is 0 Å². The van der Waals surface area contributed by atoms with E-state index in [1.165, 1.54) is 0 Å². The minimum Gasteiger partial charge on any atom is -0.359 e. The highest BCUT2D eigenvalue weighted by Crippen LogP contribution is 2.23. The van der Waals surface area contributed by atoms with Crippen LogP contribution in [0.25, 0.3) is 0 Å². The number of rotatable bonds is 5. The second-order valence-corrected chi connectivity index (χ2v) is 5.78. The largest absolute Gasteiger partial charge is 0.359 e. The normalized spacial score (nSPS) is 18.9. The molecule has 1 atom stereocenters. The summed E-state index contributed by atoms with van der Waals surface area (Å²) in [6.45, 7) is 5.29. The van der Waals surface area contributed by atoms with E-state index in [9.17, 15) is 9.59 Å². The monoisotopic (exact) mass is 305 g/mol. The van der Waals surface area contributed by atoms with Crippen LogP contribution in [0.4, 0.5) is 0 Å². The van der Waals surface area contributed by atoms with E-state index in [0.717, 1.165) is 32.4 Å². The molecule has 118 valence electrons. The van der Waals surface area contributed by atoms with E-state index in [1.807, 2.05) is 18.7 Å². The lowest BCUT2D eigenvalue weighted by atomic mass is 9.90. The van der Waals surface area contributed by atoms with Gasteiger partial charge in [-0.05, 0) is 32.1 Å². The lowest BCUT2D eigenvalue weighted by Gasteiger charge is -2.36. The Labute approximate surface area is 128 Å². The third kappa shape index (κ3) is 5.29. The lowest BCUT2D eigenvalue weighted by molar-refractivity contribution is -0.138. The highest BCUT2D eigenvalue weighted by molar-refractivity contribution is 5.86. The molecular weight excluding hydrogens is 278 g/mol. The van der Waals surface area contributed by atoms with Gasteiger partial charge in [0.25, 0.3) is 0 Å². The maximum Gasteiger partial charge on any atom is 0.242 e. The molecule has 1 saturated heterocycles. The van der Waals surface area contributed by atoms with Crippen LogP contribution in [0.15, 0.2) is 0 Å². The van der Waals surface area contributed by atoms with Crippen molar-refractivity contribution in [3.05, 3.63) is 0 Å². The molecule has 0 aromatic rings. The van der Waals surface area contributed by atoms with E-state index in [2.05, 4.69) is 5.32 Å². The van der Waals surface area contributed by atoms with E-state index in [0.29, 0.717) is 18.8 Å². The summed E-state index contributed by atoms with van der Waals surface area (Å²) in [7, 11) is 1.66. The molecule has 5 nitrogen and oxygen atoms in total. The average Bonchev–Trinajstić information content (AvgIpc) is 2.38. The molecule has 1 aliphatic heterocycles. The summed E-state index contributed by atoms with van der Waals surface area (Å²) in [6, 6.07) is 0. The molecule has 20 heavy (non-hydrogen) atoms. The third-order valence-corrected chi connectivity index (χ3v) is 3.91. The van der Waals surface area contributed by atoms with Crippen LogP contribution in [0.1, 0.15) is 46.0 Å². The van der Waals surface area contributed by atoms with Crippen molar-refractivity contribution in [2.24, 2.45) is 11.7 Å². The van der Waals surface area contributed by atoms with Gasteiger partial charge in [-0.15, -0.1) is 12.4 Å². The molecule has 1 aliphatic rings. The maximum atomic E-state index is 12.3. The molecule has 0 spiro atoms. The van der Waals surface area contributed by atoms with Crippen molar-refractivity contribution in [2.45, 2.75) is 51.5 Å². The molecule has 3 N–H and O–H groups in total. The highest BCUT2D eigenvalue weighted by atomic mass is 35.5. The summed E-state index contributed by atoms with van der Waals surface area (Å²) in [5.74, 6) is 0.520. The molecule has 6 heteroatoms. The molecule has 1 rings (SSSR count). The number of piperidine rings is 1. The van der Waals surface area contributed by atoms with Crippen molar-refractivity contribution < 1.29 is 9.59 Å². The van der Waals surface area contributed by atoms with Crippen molar-refractivity contribution in [1.82, 2.24) is 10.2 Å². The number of amides is 2. The van der Waals surface area contributed by atoms with Crippen LogP contribution < -0.4 is 11.1 Å². The first-order valence-corrected chi connectivity index (χ1v) is 7.19. The smallest absolute Gasteiger partial charge is 0.242 e. The minimum atomic E-state index is -0.748. The predicted octanol–water partition coefficient (Wildman–Crippen LogP) is 1.30. The second kappa shape index (κ2) is 8.47. The van der Waals surface area contributed by atoms with Crippen LogP contribution in [0, 0.1) is 5.92 Å². The number of hydrogen-bond donors (Lipinski definition) is 2. The fourth-order valence-electron chi connectivity index (χ4n) is 2.69. The Morgan fingerprint density at radius 3 is 2.35 bits per heavy atom. The van der Waals surface area contributed by atoms with Gasteiger partial charge in [-0.3, -0.25) is 9.59 Å². The minimum absolute atomic E-state index is 0. The van der Waals surface area contributed by atoms with Crippen LogP contribution in [0.5, 0.6) is 0 Å². The Bertz CT molecular complexity index is 326. The Balaban J connectivity index is 0.00000361. The van der Waals surface area contributed by atoms with Gasteiger partial charge in [0.1, 0.15) is 0 Å². The standard InChI is InChI=1S/C14H27N3O2.ClH/c1-4-7-14(2,15)13(19)17-8-5-11(6-9-17)10-12(18)16-3;/h11H,4-10,15H2,1-3H3,(H,16,18);1H. The molecule has 0 bridgehead atoms. The average molecular weight is 306 g/mol. The zero-order valence-electron chi connectivity index (χ0n) is 12.8. The van der Waals surface area contributed by atoms with Gasteiger partial charge in [-0.1, -0.05) is 13.3 Å². The molecule has 0 aliphatic carbocycles. The molecule has 2 amide bonds. The predicted molar refractivity (Wildman–Crippen MR) is 82.7 cm³/mol. The van der Waals surface area contributed by atoms with E-state index in [4.69, 9.17) is 5.73 Å². The number of likely N-dealkylation sites (tertiary alicyclic amines) is 1. The van der Waals surface area contributed by atoms with Crippen molar-refractivity contribution in [1.29, 1.82) is 0 Å². The van der Waals surface area contributed by atoms with Crippen LogP contribution in [0.2, 0.25) is 0 Å². The van der Waals surface area contributed by atoms with Crippen molar-refractivity contribution in [3.8, 4) is 0 Å². The molecule has 0 saturated carbocycles. The van der Waals surface area contributed by atoms with Crippen molar-refractivity contribution >= 4 is 24.2 Å². The Hall–Kier alpha value is -0.810. The number of carbonyl (C=O) groups is 2. The van der Waals surface area contributed by atoms with Gasteiger partial charge in [-0.2, -0.15) is 0 Å². The number of halogens is 1. The molecule has 1 unspecified atom stereocenters. The van der Waals surface area contributed by atoms with Crippen molar-refractivity contribution in [3.63, 3.8) is 0 Å². The molecule has 1 fully saturated rings. The van der Waals surface area contributed by atoms with E-state index in [-0.39, 0.29) is 24.2 Å². The van der Waals surface area contributed by atoms with Gasteiger partial charge in [0.2, 0.25) is 11.8 Å². The summed E-state index contributed by atoms with van der Waals surface area (Å²) in [4.78, 5) is 25.5. The van der Waals surface area contributed by atoms with Crippen LogP contribution in [0.3, 0.4) is 0 Å². The second-order valence-electron chi connectivity index (χ2n) is 5.78. The quantitative estimate of drug-likeness (QED) is 0.804. The highest BCUT2D eigenvalue weighted by Gasteiger charge is 2.33. The first-order valence-electron chi connectivity index (χ1n) is 7.19. The van der Waals surface area contributed by atoms with Gasteiger partial charge in [0, 0.05) is 26.6 Å². The third-order valence-electron chi connectivity index (χ3n) is 3.91. The molecular formula is C14H28ClN3O2. The first-order chi connectivity index (χ1) is 8.90. The van der Waals surface area contributed by atoms with E-state index < -0.39 is 5.54 Å². The Morgan fingerprint density at radius 1 is 1.35 bits per heavy atom. The molecule has 0 radical (unpaired) electrons. The summed E-state index contributed by atoms with van der Waals surface area (Å²) < 4.78 is 0. The van der Waals surface area contributed by atoms with E-state index in [1.54, 1.807) is 7.05 Å². The van der Waals surface area contributed by atoms with Gasteiger partial charge in [0.05, 0.1) is 5.54 Å². The maximum absolute atomic E-state index is 12.3. The Morgan fingerprint density at radius 2 is 1.90 bits per heavy atom. The molecule has 0 aromatic heterocycles. The topological polar surface area (TPSA) is 75.4 Å². The summed E-state index contributed by atoms with van der Waals surface area (Å²) in [5.41, 5.74) is 5.34. The van der Waals surface area contributed by atoms with Gasteiger partial charge in [0.15, 0.2) is 0 Å². The van der Waals surface area contributed by atoms with Crippen molar-refractivity contribution in [2.75, 3.05) is 20.1 Å². The Kier molecular flexibility index (Phi) is 8.13. The van der Waals surface area contributed by atoms with E-state index >= 15 is 0 Å². The number of nitrogens with zero attached hydrogens (tertiary/aromatic N) is 1. The summed E-state index contributed by atoms with van der Waals surface area (Å²) in [5, 5.41) is 2.65. The lowest BCUT2D eigenvalue weighted by Crippen LogP contribution is -2.55. The summed E-state index contributed by atoms with van der Waals surface area (Å²) >= 11 is 0. The fourth-order valence-corrected chi connectivity index (χ4v) is 2.69. The van der Waals surface area contributed by atoms with Gasteiger partial charge >= 0.3 is 0 Å². The molecule has 1 heterocycles. The first kappa shape index (κ1) is 19.2. The number of nitrogens with two attached hydrogens (primary N) is 1. The SMILES string of the molecule is CCCC(C)(N)C(=O)N1CCC(CC(=O)NC)CC1.Cl. The molecule has 0 aromatic carbocycles. The van der Waals surface area contributed by atoms with Crippen LogP contribution >= 0.6 is 12.4 Å².